The van der Waals surface area contributed by atoms with Gasteiger partial charge in [0.15, 0.2) is 0 Å². The van der Waals surface area contributed by atoms with E-state index in [0.29, 0.717) is 5.41 Å². The number of aromatic nitrogens is 1. The fraction of sp³-hybridized carbons (Fsp3) is 0.667. The lowest BCUT2D eigenvalue weighted by Crippen LogP contribution is -2.39. The Balaban J connectivity index is 1.91. The predicted molar refractivity (Wildman–Crippen MR) is 76.8 cm³/mol. The number of likely N-dealkylation sites (tertiary alicyclic amines) is 1. The van der Waals surface area contributed by atoms with Crippen LogP contribution in [0.1, 0.15) is 45.2 Å². The molecule has 0 spiro atoms. The van der Waals surface area contributed by atoms with E-state index in [1.165, 1.54) is 38.8 Å². The third kappa shape index (κ3) is 3.24. The molecular weight excluding hydrogens is 244 g/mol. The number of halogens is 1. The number of nitrogens with zero attached hydrogens (tertiary/aromatic N) is 2. The van der Waals surface area contributed by atoms with Crippen molar-refractivity contribution in [3.63, 3.8) is 0 Å². The van der Waals surface area contributed by atoms with E-state index < -0.39 is 0 Å². The molecule has 0 N–H and O–H groups in total. The highest BCUT2D eigenvalue weighted by molar-refractivity contribution is 6.30. The molecular formula is C15H23ClN2. The van der Waals surface area contributed by atoms with Crippen LogP contribution in [-0.2, 0) is 6.54 Å². The highest BCUT2D eigenvalue weighted by Gasteiger charge is 2.31. The minimum atomic E-state index is 0.595. The van der Waals surface area contributed by atoms with Crippen molar-refractivity contribution < 1.29 is 0 Å². The van der Waals surface area contributed by atoms with E-state index >= 15 is 0 Å². The third-order valence-corrected chi connectivity index (χ3v) is 4.82. The number of piperidine rings is 1. The third-order valence-electron chi connectivity index (χ3n) is 4.58. The van der Waals surface area contributed by atoms with E-state index in [2.05, 4.69) is 23.7 Å². The highest BCUT2D eigenvalue weighted by atomic mass is 35.5. The van der Waals surface area contributed by atoms with Gasteiger partial charge in [-0.1, -0.05) is 38.3 Å². The first-order valence-corrected chi connectivity index (χ1v) is 7.38. The van der Waals surface area contributed by atoms with Crippen molar-refractivity contribution in [2.75, 3.05) is 13.1 Å². The molecule has 2 rings (SSSR count). The lowest BCUT2D eigenvalue weighted by atomic mass is 9.74. The van der Waals surface area contributed by atoms with Crippen LogP contribution in [0.25, 0.3) is 0 Å². The zero-order valence-corrected chi connectivity index (χ0v) is 12.2. The molecule has 18 heavy (non-hydrogen) atoms. The van der Waals surface area contributed by atoms with Crippen LogP contribution < -0.4 is 0 Å². The van der Waals surface area contributed by atoms with Crippen LogP contribution >= 0.6 is 11.6 Å². The standard InChI is InChI=1S/C15H23ClN2/c1-3-15(4-2)6-9-18(10-7-15)12-14-11-13(16)5-8-17-14/h5,8,11H,3-4,6-7,9-10,12H2,1-2H3. The normalized spacial score (nSPS) is 19.9. The van der Waals surface area contributed by atoms with Crippen molar-refractivity contribution in [3.8, 4) is 0 Å². The van der Waals surface area contributed by atoms with E-state index in [1.807, 2.05) is 12.1 Å². The molecule has 3 heteroatoms. The van der Waals surface area contributed by atoms with Gasteiger partial charge in [0.1, 0.15) is 0 Å². The highest BCUT2D eigenvalue weighted by Crippen LogP contribution is 2.38. The molecule has 1 aromatic heterocycles. The quantitative estimate of drug-likeness (QED) is 0.814. The fourth-order valence-electron chi connectivity index (χ4n) is 2.91. The summed E-state index contributed by atoms with van der Waals surface area (Å²) in [5.74, 6) is 0. The summed E-state index contributed by atoms with van der Waals surface area (Å²) in [7, 11) is 0. The molecule has 0 bridgehead atoms. The van der Waals surface area contributed by atoms with E-state index in [0.717, 1.165) is 17.3 Å². The first kappa shape index (κ1) is 13.8. The lowest BCUT2D eigenvalue weighted by molar-refractivity contribution is 0.0901. The van der Waals surface area contributed by atoms with Gasteiger partial charge in [-0.15, -0.1) is 0 Å². The van der Waals surface area contributed by atoms with Crippen molar-refractivity contribution in [1.29, 1.82) is 0 Å². The molecule has 1 saturated heterocycles. The van der Waals surface area contributed by atoms with Crippen molar-refractivity contribution >= 4 is 11.6 Å². The largest absolute Gasteiger partial charge is 0.297 e. The second kappa shape index (κ2) is 6.03. The average Bonchev–Trinajstić information content (AvgIpc) is 2.40. The van der Waals surface area contributed by atoms with Gasteiger partial charge in [0, 0.05) is 17.8 Å². The molecule has 1 aliphatic heterocycles. The van der Waals surface area contributed by atoms with E-state index in [1.54, 1.807) is 6.20 Å². The van der Waals surface area contributed by atoms with Gasteiger partial charge in [0.05, 0.1) is 5.69 Å². The maximum absolute atomic E-state index is 5.99. The minimum Gasteiger partial charge on any atom is -0.297 e. The van der Waals surface area contributed by atoms with Crippen LogP contribution in [-0.4, -0.2) is 23.0 Å². The van der Waals surface area contributed by atoms with Gasteiger partial charge in [-0.25, -0.2) is 0 Å². The zero-order chi connectivity index (χ0) is 13.0. The number of pyridine rings is 1. The van der Waals surface area contributed by atoms with Crippen LogP contribution in [0.4, 0.5) is 0 Å². The molecule has 1 aliphatic rings. The van der Waals surface area contributed by atoms with Gasteiger partial charge in [-0.05, 0) is 43.5 Å². The first-order valence-electron chi connectivity index (χ1n) is 7.00. The molecule has 0 aliphatic carbocycles. The summed E-state index contributed by atoms with van der Waals surface area (Å²) in [5, 5.41) is 0.786. The van der Waals surface area contributed by atoms with E-state index in [-0.39, 0.29) is 0 Å². The number of hydrogen-bond acceptors (Lipinski definition) is 2. The van der Waals surface area contributed by atoms with Gasteiger partial charge >= 0.3 is 0 Å². The molecule has 1 aromatic rings. The molecule has 0 aromatic carbocycles. The zero-order valence-electron chi connectivity index (χ0n) is 11.5. The second-order valence-corrected chi connectivity index (χ2v) is 5.89. The van der Waals surface area contributed by atoms with Crippen molar-refractivity contribution in [2.24, 2.45) is 5.41 Å². The molecule has 0 amide bonds. The minimum absolute atomic E-state index is 0.595. The lowest BCUT2D eigenvalue weighted by Gasteiger charge is -2.40. The van der Waals surface area contributed by atoms with Crippen molar-refractivity contribution in [1.82, 2.24) is 9.88 Å². The fourth-order valence-corrected chi connectivity index (χ4v) is 3.09. The summed E-state index contributed by atoms with van der Waals surface area (Å²) >= 11 is 5.99. The Morgan fingerprint density at radius 2 is 1.94 bits per heavy atom. The molecule has 0 atom stereocenters. The molecule has 1 fully saturated rings. The van der Waals surface area contributed by atoms with E-state index in [4.69, 9.17) is 11.6 Å². The summed E-state index contributed by atoms with van der Waals surface area (Å²) in [6.07, 6.45) is 7.06. The predicted octanol–water partition coefficient (Wildman–Crippen LogP) is 4.14. The Hall–Kier alpha value is -0.600. The van der Waals surface area contributed by atoms with Crippen LogP contribution in [0.3, 0.4) is 0 Å². The molecule has 0 saturated carbocycles. The van der Waals surface area contributed by atoms with Gasteiger partial charge in [-0.3, -0.25) is 9.88 Å². The van der Waals surface area contributed by atoms with Crippen LogP contribution in [0, 0.1) is 5.41 Å². The molecule has 0 radical (unpaired) electrons. The van der Waals surface area contributed by atoms with Gasteiger partial charge in [0.25, 0.3) is 0 Å². The van der Waals surface area contributed by atoms with Crippen molar-refractivity contribution in [3.05, 3.63) is 29.0 Å². The Morgan fingerprint density at radius 3 is 2.50 bits per heavy atom. The summed E-state index contributed by atoms with van der Waals surface area (Å²) in [6.45, 7) is 7.98. The summed E-state index contributed by atoms with van der Waals surface area (Å²) in [5.41, 5.74) is 1.68. The maximum atomic E-state index is 5.99. The number of hydrogen-bond donors (Lipinski definition) is 0. The SMILES string of the molecule is CCC1(CC)CCN(Cc2cc(Cl)ccn2)CC1. The van der Waals surface area contributed by atoms with Crippen molar-refractivity contribution in [2.45, 2.75) is 46.1 Å². The Morgan fingerprint density at radius 1 is 1.28 bits per heavy atom. The summed E-state index contributed by atoms with van der Waals surface area (Å²) < 4.78 is 0. The van der Waals surface area contributed by atoms with Gasteiger partial charge in [-0.2, -0.15) is 0 Å². The first-order chi connectivity index (χ1) is 8.67. The average molecular weight is 267 g/mol. The smallest absolute Gasteiger partial charge is 0.0558 e. The Labute approximate surface area is 115 Å². The van der Waals surface area contributed by atoms with Crippen LogP contribution in [0.5, 0.6) is 0 Å². The monoisotopic (exact) mass is 266 g/mol. The summed E-state index contributed by atoms with van der Waals surface area (Å²) in [4.78, 5) is 6.89. The molecule has 100 valence electrons. The van der Waals surface area contributed by atoms with Gasteiger partial charge in [0.2, 0.25) is 0 Å². The molecule has 0 unspecified atom stereocenters. The molecule has 2 heterocycles. The second-order valence-electron chi connectivity index (χ2n) is 5.45. The van der Waals surface area contributed by atoms with Crippen LogP contribution in [0.2, 0.25) is 5.02 Å². The number of rotatable bonds is 4. The molecule has 2 nitrogen and oxygen atoms in total. The maximum Gasteiger partial charge on any atom is 0.0558 e. The van der Waals surface area contributed by atoms with Crippen LogP contribution in [0.15, 0.2) is 18.3 Å². The van der Waals surface area contributed by atoms with Gasteiger partial charge < -0.3 is 0 Å². The Bertz CT molecular complexity index is 378. The van der Waals surface area contributed by atoms with E-state index in [9.17, 15) is 0 Å². The summed E-state index contributed by atoms with van der Waals surface area (Å²) in [6, 6.07) is 3.81. The Kier molecular flexibility index (Phi) is 4.63. The topological polar surface area (TPSA) is 16.1 Å².